The fourth-order valence-corrected chi connectivity index (χ4v) is 5.18. The van der Waals surface area contributed by atoms with Gasteiger partial charge in [-0.25, -0.2) is 21.6 Å². The van der Waals surface area contributed by atoms with Crippen molar-refractivity contribution in [2.45, 2.75) is 35.8 Å². The molecule has 0 aliphatic carbocycles. The lowest BCUT2D eigenvalue weighted by atomic mass is 10.0. The summed E-state index contributed by atoms with van der Waals surface area (Å²) in [5.74, 6) is 0.517. The summed E-state index contributed by atoms with van der Waals surface area (Å²) in [4.78, 5) is 0.0762. The summed E-state index contributed by atoms with van der Waals surface area (Å²) in [7, 11) is -4.58. The number of rotatable bonds is 8. The fraction of sp³-hybridized carbons (Fsp3) is 0.625. The Balaban J connectivity index is 2.12. The highest BCUT2D eigenvalue weighted by Gasteiger charge is 2.28. The maximum absolute atomic E-state index is 12.7. The van der Waals surface area contributed by atoms with Gasteiger partial charge in [0.25, 0.3) is 0 Å². The van der Waals surface area contributed by atoms with E-state index in [1.807, 2.05) is 0 Å². The van der Waals surface area contributed by atoms with Crippen molar-refractivity contribution in [1.29, 1.82) is 0 Å². The molecule has 1 fully saturated rings. The predicted molar refractivity (Wildman–Crippen MR) is 96.6 cm³/mol. The quantitative estimate of drug-likeness (QED) is 0.647. The molecule has 0 aromatic heterocycles. The third-order valence-electron chi connectivity index (χ3n) is 4.48. The molecule has 0 atom stereocenters. The van der Waals surface area contributed by atoms with Gasteiger partial charge in [0.1, 0.15) is 0 Å². The number of methoxy groups -OCH3 is 2. The van der Waals surface area contributed by atoms with Gasteiger partial charge >= 0.3 is 0 Å². The molecule has 0 amide bonds. The lowest BCUT2D eigenvalue weighted by Gasteiger charge is -2.29. The molecule has 1 saturated heterocycles. The highest BCUT2D eigenvalue weighted by molar-refractivity contribution is 7.89. The molecule has 2 rings (SSSR count). The summed E-state index contributed by atoms with van der Waals surface area (Å²) in [6, 6.07) is 5.23. The van der Waals surface area contributed by atoms with Gasteiger partial charge in [0, 0.05) is 27.3 Å². The zero-order valence-electron chi connectivity index (χ0n) is 15.2. The maximum atomic E-state index is 12.7. The van der Waals surface area contributed by atoms with E-state index in [4.69, 9.17) is 9.47 Å². The molecule has 1 aliphatic heterocycles. The van der Waals surface area contributed by atoms with E-state index in [2.05, 4.69) is 11.6 Å². The number of ether oxygens (including phenoxy) is 2. The Kier molecular flexibility index (Phi) is 7.17. The SMILES string of the molecule is COC(CNS(=O)(=O)c1ccc(S(=O)(=O)N2CCC(C)CC2)cc1)OC. The second-order valence-electron chi connectivity index (χ2n) is 6.31. The van der Waals surface area contributed by atoms with E-state index in [9.17, 15) is 16.8 Å². The number of nitrogens with one attached hydrogen (secondary N) is 1. The van der Waals surface area contributed by atoms with E-state index in [0.717, 1.165) is 12.8 Å². The van der Waals surface area contributed by atoms with Crippen molar-refractivity contribution in [1.82, 2.24) is 9.03 Å². The molecule has 10 heteroatoms. The number of hydrogen-bond donors (Lipinski definition) is 1. The molecular weight excluding hydrogens is 380 g/mol. The van der Waals surface area contributed by atoms with Gasteiger partial charge in [-0.3, -0.25) is 0 Å². The molecule has 1 aromatic carbocycles. The highest BCUT2D eigenvalue weighted by Crippen LogP contribution is 2.24. The van der Waals surface area contributed by atoms with Gasteiger partial charge in [-0.15, -0.1) is 0 Å². The van der Waals surface area contributed by atoms with E-state index in [1.54, 1.807) is 0 Å². The third-order valence-corrected chi connectivity index (χ3v) is 7.83. The first kappa shape index (κ1) is 21.3. The van der Waals surface area contributed by atoms with Crippen LogP contribution in [0.1, 0.15) is 19.8 Å². The largest absolute Gasteiger partial charge is 0.355 e. The van der Waals surface area contributed by atoms with Crippen LogP contribution in [0.15, 0.2) is 34.1 Å². The number of benzene rings is 1. The first-order chi connectivity index (χ1) is 12.2. The lowest BCUT2D eigenvalue weighted by molar-refractivity contribution is -0.0960. The third kappa shape index (κ3) is 5.02. The number of piperidine rings is 1. The molecule has 8 nitrogen and oxygen atoms in total. The van der Waals surface area contributed by atoms with E-state index in [0.29, 0.717) is 19.0 Å². The first-order valence-corrected chi connectivity index (χ1v) is 11.3. The molecule has 1 heterocycles. The second-order valence-corrected chi connectivity index (χ2v) is 10.0. The highest BCUT2D eigenvalue weighted by atomic mass is 32.2. The first-order valence-electron chi connectivity index (χ1n) is 8.36. The number of sulfonamides is 2. The van der Waals surface area contributed by atoms with Crippen molar-refractivity contribution in [2.75, 3.05) is 33.9 Å². The van der Waals surface area contributed by atoms with E-state index < -0.39 is 26.3 Å². The summed E-state index contributed by atoms with van der Waals surface area (Å²) >= 11 is 0. The monoisotopic (exact) mass is 406 g/mol. The van der Waals surface area contributed by atoms with Crippen LogP contribution in [0.5, 0.6) is 0 Å². The molecule has 0 unspecified atom stereocenters. The van der Waals surface area contributed by atoms with Gasteiger partial charge in [-0.2, -0.15) is 4.31 Å². The number of nitrogens with zero attached hydrogens (tertiary/aromatic N) is 1. The van der Waals surface area contributed by atoms with Crippen LogP contribution in [0.25, 0.3) is 0 Å². The topological polar surface area (TPSA) is 102 Å². The molecule has 0 spiro atoms. The van der Waals surface area contributed by atoms with Crippen LogP contribution in [0.2, 0.25) is 0 Å². The minimum absolute atomic E-state index is 0.0188. The average molecular weight is 407 g/mol. The fourth-order valence-electron chi connectivity index (χ4n) is 2.69. The summed E-state index contributed by atoms with van der Waals surface area (Å²) in [6.07, 6.45) is 0.955. The van der Waals surface area contributed by atoms with Gasteiger partial charge < -0.3 is 9.47 Å². The van der Waals surface area contributed by atoms with Crippen LogP contribution in [0.4, 0.5) is 0 Å². The Bertz CT molecular complexity index is 781. The summed E-state index contributed by atoms with van der Waals surface area (Å²) in [5.41, 5.74) is 0. The van der Waals surface area contributed by atoms with Crippen LogP contribution < -0.4 is 4.72 Å². The van der Waals surface area contributed by atoms with Gasteiger partial charge in [0.15, 0.2) is 6.29 Å². The van der Waals surface area contributed by atoms with Crippen LogP contribution in [-0.2, 0) is 29.5 Å². The van der Waals surface area contributed by atoms with Gasteiger partial charge in [-0.1, -0.05) is 6.92 Å². The Hall–Kier alpha value is -1.04. The van der Waals surface area contributed by atoms with Crippen molar-refractivity contribution in [3.8, 4) is 0 Å². The average Bonchev–Trinajstić information content (AvgIpc) is 2.63. The Morgan fingerprint density at radius 3 is 2.04 bits per heavy atom. The zero-order chi connectivity index (χ0) is 19.4. The smallest absolute Gasteiger partial charge is 0.243 e. The van der Waals surface area contributed by atoms with Gasteiger partial charge in [0.2, 0.25) is 20.0 Å². The Morgan fingerprint density at radius 2 is 1.54 bits per heavy atom. The Morgan fingerprint density at radius 1 is 1.04 bits per heavy atom. The summed E-state index contributed by atoms with van der Waals surface area (Å²) < 4.78 is 63.6. The second kappa shape index (κ2) is 8.77. The molecular formula is C16H26N2O6S2. The molecule has 1 aromatic rings. The van der Waals surface area contributed by atoms with Crippen LogP contribution in [0.3, 0.4) is 0 Å². The van der Waals surface area contributed by atoms with Crippen molar-refractivity contribution < 1.29 is 26.3 Å². The standard InChI is InChI=1S/C16H26N2O6S2/c1-13-8-10-18(11-9-13)26(21,22)15-6-4-14(5-7-15)25(19,20)17-12-16(23-2)24-3/h4-7,13,16-17H,8-12H2,1-3H3. The zero-order valence-corrected chi connectivity index (χ0v) is 16.8. The minimum atomic E-state index is -3.79. The molecule has 148 valence electrons. The van der Waals surface area contributed by atoms with Gasteiger partial charge in [-0.05, 0) is 43.0 Å². The maximum Gasteiger partial charge on any atom is 0.243 e. The molecule has 1 aliphatic rings. The Labute approximate surface area is 155 Å². The van der Waals surface area contributed by atoms with E-state index >= 15 is 0 Å². The number of hydrogen-bond acceptors (Lipinski definition) is 6. The predicted octanol–water partition coefficient (Wildman–Crippen LogP) is 1.00. The summed E-state index contributed by atoms with van der Waals surface area (Å²) in [6.45, 7) is 3.02. The molecule has 0 saturated carbocycles. The van der Waals surface area contributed by atoms with Gasteiger partial charge in [0.05, 0.1) is 16.3 Å². The lowest BCUT2D eigenvalue weighted by Crippen LogP contribution is -2.37. The molecule has 0 radical (unpaired) electrons. The summed E-state index contributed by atoms with van der Waals surface area (Å²) in [5, 5.41) is 0. The van der Waals surface area contributed by atoms with Crippen molar-refractivity contribution in [3.05, 3.63) is 24.3 Å². The van der Waals surface area contributed by atoms with Crippen LogP contribution in [0, 0.1) is 5.92 Å². The van der Waals surface area contributed by atoms with Crippen LogP contribution >= 0.6 is 0 Å². The van der Waals surface area contributed by atoms with Crippen molar-refractivity contribution >= 4 is 20.0 Å². The van der Waals surface area contributed by atoms with Crippen molar-refractivity contribution in [2.24, 2.45) is 5.92 Å². The van der Waals surface area contributed by atoms with Crippen molar-refractivity contribution in [3.63, 3.8) is 0 Å². The molecule has 0 bridgehead atoms. The molecule has 26 heavy (non-hydrogen) atoms. The van der Waals surface area contributed by atoms with E-state index in [-0.39, 0.29) is 16.3 Å². The van der Waals surface area contributed by atoms with Crippen LogP contribution in [-0.4, -0.2) is 61.3 Å². The normalized spacial score (nSPS) is 17.7. The minimum Gasteiger partial charge on any atom is -0.355 e. The van der Waals surface area contributed by atoms with E-state index in [1.165, 1.54) is 42.8 Å². The molecule has 1 N–H and O–H groups in total.